The lowest BCUT2D eigenvalue weighted by Gasteiger charge is -2.11. The van der Waals surface area contributed by atoms with E-state index in [4.69, 9.17) is 0 Å². The van der Waals surface area contributed by atoms with Crippen LogP contribution in [0.3, 0.4) is 0 Å². The van der Waals surface area contributed by atoms with Crippen molar-refractivity contribution < 1.29 is 0 Å². The van der Waals surface area contributed by atoms with E-state index in [0.717, 1.165) is 6.16 Å². The van der Waals surface area contributed by atoms with Crippen LogP contribution in [-0.4, -0.2) is 0 Å². The molecule has 0 aliphatic heterocycles. The first kappa shape index (κ1) is 15.4. The first-order chi connectivity index (χ1) is 10.7. The fourth-order valence-corrected chi connectivity index (χ4v) is 3.25. The number of aryl methyl sites for hydroxylation is 1. The standard InChI is InChI=1S/C20H20P2/c1-14-5-10-20(18(11-14)13-21)17-4-2-3-16(12-17)15-6-8-19(22)9-7-15/h2-12H,13,21-22H2,1H3. The van der Waals surface area contributed by atoms with Crippen LogP contribution in [0.1, 0.15) is 11.1 Å². The van der Waals surface area contributed by atoms with E-state index in [0.29, 0.717) is 0 Å². The van der Waals surface area contributed by atoms with Crippen molar-refractivity contribution in [3.05, 3.63) is 77.9 Å². The van der Waals surface area contributed by atoms with Crippen molar-refractivity contribution in [3.8, 4) is 22.3 Å². The molecule has 0 amide bonds. The molecule has 0 nitrogen and oxygen atoms in total. The van der Waals surface area contributed by atoms with Gasteiger partial charge in [0.2, 0.25) is 0 Å². The van der Waals surface area contributed by atoms with Gasteiger partial charge in [0.15, 0.2) is 0 Å². The zero-order valence-electron chi connectivity index (χ0n) is 12.7. The molecule has 0 aliphatic carbocycles. The molecule has 3 rings (SSSR count). The molecule has 110 valence electrons. The lowest BCUT2D eigenvalue weighted by atomic mass is 9.95. The van der Waals surface area contributed by atoms with Gasteiger partial charge in [0.05, 0.1) is 0 Å². The smallest absolute Gasteiger partial charge is 0.0122 e. The van der Waals surface area contributed by atoms with Gasteiger partial charge in [-0.25, -0.2) is 0 Å². The average Bonchev–Trinajstić information content (AvgIpc) is 2.55. The maximum atomic E-state index is 2.84. The SMILES string of the molecule is Cc1ccc(-c2cccc(-c3ccc(P)cc3)c2)c(CP)c1. The second-order valence-electron chi connectivity index (χ2n) is 5.57. The summed E-state index contributed by atoms with van der Waals surface area (Å²) in [4.78, 5) is 0. The van der Waals surface area contributed by atoms with Crippen molar-refractivity contribution >= 4 is 23.8 Å². The Morgan fingerprint density at radius 3 is 2.23 bits per heavy atom. The number of rotatable bonds is 3. The molecule has 0 saturated heterocycles. The van der Waals surface area contributed by atoms with Crippen molar-refractivity contribution in [2.75, 3.05) is 0 Å². The van der Waals surface area contributed by atoms with Gasteiger partial charge in [-0.15, -0.1) is 18.5 Å². The van der Waals surface area contributed by atoms with Gasteiger partial charge >= 0.3 is 0 Å². The van der Waals surface area contributed by atoms with Crippen LogP contribution in [0.5, 0.6) is 0 Å². The van der Waals surface area contributed by atoms with E-state index >= 15 is 0 Å². The third-order valence-corrected chi connectivity index (χ3v) is 4.72. The second-order valence-corrected chi connectivity index (χ2v) is 6.64. The molecule has 0 aromatic heterocycles. The van der Waals surface area contributed by atoms with Gasteiger partial charge < -0.3 is 0 Å². The fraction of sp³-hybridized carbons (Fsp3) is 0.100. The van der Waals surface area contributed by atoms with Crippen LogP contribution in [0.2, 0.25) is 0 Å². The van der Waals surface area contributed by atoms with Crippen molar-refractivity contribution in [3.63, 3.8) is 0 Å². The molecule has 0 spiro atoms. The second kappa shape index (κ2) is 6.74. The molecule has 2 atom stereocenters. The van der Waals surface area contributed by atoms with Crippen LogP contribution in [0, 0.1) is 6.92 Å². The van der Waals surface area contributed by atoms with Crippen LogP contribution >= 0.6 is 18.5 Å². The van der Waals surface area contributed by atoms with Gasteiger partial charge in [-0.1, -0.05) is 66.2 Å². The minimum Gasteiger partial charge on any atom is -0.133 e. The minimum atomic E-state index is 0.975. The Kier molecular flexibility index (Phi) is 4.72. The third-order valence-electron chi connectivity index (χ3n) is 3.90. The monoisotopic (exact) mass is 322 g/mol. The van der Waals surface area contributed by atoms with E-state index in [-0.39, 0.29) is 0 Å². The molecule has 22 heavy (non-hydrogen) atoms. The molecule has 0 saturated carbocycles. The van der Waals surface area contributed by atoms with E-state index in [1.165, 1.54) is 38.7 Å². The summed E-state index contributed by atoms with van der Waals surface area (Å²) in [7, 11) is 5.57. The number of benzene rings is 3. The van der Waals surface area contributed by atoms with Gasteiger partial charge in [-0.2, -0.15) is 0 Å². The normalized spacial score (nSPS) is 10.7. The molecular weight excluding hydrogens is 302 g/mol. The molecule has 0 aliphatic rings. The molecule has 0 radical (unpaired) electrons. The molecule has 0 N–H and O–H groups in total. The summed E-state index contributed by atoms with van der Waals surface area (Å²) in [6.07, 6.45) is 0.975. The predicted octanol–water partition coefficient (Wildman–Crippen LogP) is 5.20. The van der Waals surface area contributed by atoms with E-state index in [9.17, 15) is 0 Å². The van der Waals surface area contributed by atoms with Gasteiger partial charge in [-0.05, 0) is 52.3 Å². The Morgan fingerprint density at radius 2 is 1.50 bits per heavy atom. The Hall–Kier alpha value is -1.48. The van der Waals surface area contributed by atoms with E-state index in [2.05, 4.69) is 92.1 Å². The zero-order valence-corrected chi connectivity index (χ0v) is 15.0. The maximum absolute atomic E-state index is 2.84. The molecule has 0 bridgehead atoms. The van der Waals surface area contributed by atoms with E-state index in [1.807, 2.05) is 0 Å². The Bertz CT molecular complexity index is 789. The van der Waals surface area contributed by atoms with Crippen LogP contribution < -0.4 is 5.30 Å². The van der Waals surface area contributed by atoms with Crippen LogP contribution in [-0.2, 0) is 6.16 Å². The highest BCUT2D eigenvalue weighted by molar-refractivity contribution is 7.27. The molecular formula is C20H20P2. The Labute approximate surface area is 137 Å². The van der Waals surface area contributed by atoms with Gasteiger partial charge in [-0.3, -0.25) is 0 Å². The highest BCUT2D eigenvalue weighted by Crippen LogP contribution is 2.30. The predicted molar refractivity (Wildman–Crippen MR) is 105 cm³/mol. The van der Waals surface area contributed by atoms with E-state index < -0.39 is 0 Å². The van der Waals surface area contributed by atoms with Gasteiger partial charge in [0, 0.05) is 0 Å². The Morgan fingerprint density at radius 1 is 0.773 bits per heavy atom. The van der Waals surface area contributed by atoms with Crippen LogP contribution in [0.25, 0.3) is 22.3 Å². The first-order valence-corrected chi connectivity index (χ1v) is 8.83. The number of hydrogen-bond acceptors (Lipinski definition) is 0. The summed E-state index contributed by atoms with van der Waals surface area (Å²) in [5.41, 5.74) is 7.82. The van der Waals surface area contributed by atoms with Crippen LogP contribution in [0.4, 0.5) is 0 Å². The molecule has 3 aromatic rings. The lowest BCUT2D eigenvalue weighted by Crippen LogP contribution is -1.90. The highest BCUT2D eigenvalue weighted by Gasteiger charge is 2.06. The third kappa shape index (κ3) is 3.30. The topological polar surface area (TPSA) is 0 Å². The van der Waals surface area contributed by atoms with Crippen molar-refractivity contribution in [2.45, 2.75) is 13.1 Å². The largest absolute Gasteiger partial charge is 0.133 e. The molecule has 3 aromatic carbocycles. The summed E-state index contributed by atoms with van der Waals surface area (Å²) >= 11 is 0. The molecule has 0 fully saturated rings. The summed E-state index contributed by atoms with van der Waals surface area (Å²) in [6, 6.07) is 24.1. The molecule has 0 heterocycles. The van der Waals surface area contributed by atoms with Crippen molar-refractivity contribution in [1.82, 2.24) is 0 Å². The summed E-state index contributed by atoms with van der Waals surface area (Å²) in [6.45, 7) is 2.15. The first-order valence-electron chi connectivity index (χ1n) is 7.43. The quantitative estimate of drug-likeness (QED) is 0.581. The highest BCUT2D eigenvalue weighted by atomic mass is 31.0. The molecule has 2 heteroatoms. The van der Waals surface area contributed by atoms with Gasteiger partial charge in [0.25, 0.3) is 0 Å². The lowest BCUT2D eigenvalue weighted by molar-refractivity contribution is 1.35. The molecule has 2 unspecified atom stereocenters. The Balaban J connectivity index is 2.06. The van der Waals surface area contributed by atoms with Crippen molar-refractivity contribution in [2.24, 2.45) is 0 Å². The zero-order chi connectivity index (χ0) is 15.5. The van der Waals surface area contributed by atoms with Crippen LogP contribution in [0.15, 0.2) is 66.7 Å². The van der Waals surface area contributed by atoms with E-state index in [1.54, 1.807) is 0 Å². The average molecular weight is 322 g/mol. The minimum absolute atomic E-state index is 0.975. The van der Waals surface area contributed by atoms with Crippen molar-refractivity contribution in [1.29, 1.82) is 0 Å². The maximum Gasteiger partial charge on any atom is -0.0122 e. The fourth-order valence-electron chi connectivity index (χ4n) is 2.71. The summed E-state index contributed by atoms with van der Waals surface area (Å²) < 4.78 is 0. The van der Waals surface area contributed by atoms with Gasteiger partial charge in [0.1, 0.15) is 0 Å². The summed E-state index contributed by atoms with van der Waals surface area (Å²) in [5, 5.41) is 1.21. The number of hydrogen-bond donors (Lipinski definition) is 0. The summed E-state index contributed by atoms with van der Waals surface area (Å²) in [5.74, 6) is 0.